The molecule has 2 aromatic heterocycles. The summed E-state index contributed by atoms with van der Waals surface area (Å²) in [6.07, 6.45) is 2.76. The van der Waals surface area contributed by atoms with E-state index in [0.717, 1.165) is 42.0 Å². The Balaban J connectivity index is 1.57. The molecule has 0 saturated carbocycles. The van der Waals surface area contributed by atoms with E-state index in [9.17, 15) is 0 Å². The van der Waals surface area contributed by atoms with Gasteiger partial charge in [0.25, 0.3) is 0 Å². The lowest BCUT2D eigenvalue weighted by atomic mass is 9.95. The van der Waals surface area contributed by atoms with Crippen molar-refractivity contribution in [2.75, 3.05) is 0 Å². The molecular weight excluding hydrogens is 422 g/mol. The Hall–Kier alpha value is -3.28. The first-order chi connectivity index (χ1) is 16.4. The summed E-state index contributed by atoms with van der Waals surface area (Å²) in [7, 11) is 0. The van der Waals surface area contributed by atoms with Crippen LogP contribution in [0.1, 0.15) is 94.1 Å². The summed E-state index contributed by atoms with van der Waals surface area (Å²) in [5, 5.41) is 16.4. The number of H-pyrrole nitrogens is 1. The van der Waals surface area contributed by atoms with Crippen LogP contribution in [0.15, 0.2) is 46.9 Å². The summed E-state index contributed by atoms with van der Waals surface area (Å²) >= 11 is 0. The highest BCUT2D eigenvalue weighted by Crippen LogP contribution is 2.31. The van der Waals surface area contributed by atoms with E-state index in [-0.39, 0.29) is 5.92 Å². The predicted octanol–water partition coefficient (Wildman–Crippen LogP) is 7.07. The van der Waals surface area contributed by atoms with Gasteiger partial charge >= 0.3 is 0 Å². The van der Waals surface area contributed by atoms with Crippen LogP contribution >= 0.6 is 0 Å². The first-order valence-corrected chi connectivity index (χ1v) is 12.4. The third kappa shape index (κ3) is 4.96. The number of nitrogens with one attached hydrogen (secondary N) is 1. The van der Waals surface area contributed by atoms with Crippen LogP contribution in [0.25, 0.3) is 22.8 Å². The zero-order valence-corrected chi connectivity index (χ0v) is 21.1. The van der Waals surface area contributed by atoms with Crippen LogP contribution in [0.5, 0.6) is 0 Å². The van der Waals surface area contributed by atoms with Gasteiger partial charge in [-0.1, -0.05) is 71.9 Å². The van der Waals surface area contributed by atoms with Crippen molar-refractivity contribution in [1.82, 2.24) is 25.4 Å². The van der Waals surface area contributed by atoms with Crippen LogP contribution in [-0.4, -0.2) is 25.4 Å². The van der Waals surface area contributed by atoms with Gasteiger partial charge in [-0.3, -0.25) is 5.10 Å². The van der Waals surface area contributed by atoms with Crippen molar-refractivity contribution in [2.45, 2.75) is 78.6 Å². The number of benzene rings is 2. The van der Waals surface area contributed by atoms with E-state index in [1.54, 1.807) is 0 Å². The summed E-state index contributed by atoms with van der Waals surface area (Å²) in [4.78, 5) is 4.79. The van der Waals surface area contributed by atoms with Gasteiger partial charge in [-0.05, 0) is 54.0 Å². The molecule has 34 heavy (non-hydrogen) atoms. The minimum Gasteiger partial charge on any atom is -0.420 e. The quantitative estimate of drug-likeness (QED) is 0.291. The van der Waals surface area contributed by atoms with Crippen LogP contribution in [-0.2, 0) is 12.8 Å². The SMILES string of the molecule is CCc1ccc(CC(C)c2nnc(-c3ccccc3C(C)C)o2)cc1-c1n[nH]c(C(C)CC)n1. The minimum atomic E-state index is 0.0932. The fourth-order valence-corrected chi connectivity index (χ4v) is 4.25. The molecule has 0 aliphatic rings. The summed E-state index contributed by atoms with van der Waals surface area (Å²) in [5.41, 5.74) is 5.77. The Bertz CT molecular complexity index is 1240. The maximum absolute atomic E-state index is 6.14. The first-order valence-electron chi connectivity index (χ1n) is 12.4. The van der Waals surface area contributed by atoms with Gasteiger partial charge in [0, 0.05) is 23.0 Å². The first kappa shape index (κ1) is 23.9. The van der Waals surface area contributed by atoms with Gasteiger partial charge in [-0.2, -0.15) is 5.10 Å². The van der Waals surface area contributed by atoms with Crippen molar-refractivity contribution >= 4 is 0 Å². The maximum Gasteiger partial charge on any atom is 0.248 e. The number of hydrogen-bond donors (Lipinski definition) is 1. The molecule has 0 spiro atoms. The highest BCUT2D eigenvalue weighted by Gasteiger charge is 2.20. The smallest absolute Gasteiger partial charge is 0.248 e. The molecule has 0 fully saturated rings. The molecule has 6 heteroatoms. The van der Waals surface area contributed by atoms with Gasteiger partial charge in [0.1, 0.15) is 5.82 Å². The number of nitrogens with zero attached hydrogens (tertiary/aromatic N) is 4. The van der Waals surface area contributed by atoms with Crippen molar-refractivity contribution in [1.29, 1.82) is 0 Å². The van der Waals surface area contributed by atoms with Gasteiger partial charge in [-0.15, -0.1) is 10.2 Å². The van der Waals surface area contributed by atoms with E-state index in [4.69, 9.17) is 9.40 Å². The minimum absolute atomic E-state index is 0.0932. The summed E-state index contributed by atoms with van der Waals surface area (Å²) in [6.45, 7) is 13.0. The molecule has 0 bridgehead atoms. The standard InChI is InChI=1S/C28H35N5O/c1-7-18(5)25-29-26(31-30-25)24-16-20(13-14-21(24)8-2)15-19(6)27-32-33-28(34-27)23-12-10-9-11-22(23)17(3)4/h9-14,16-19H,7-8,15H2,1-6H3,(H,29,30,31). The fraction of sp³-hybridized carbons (Fsp3) is 0.429. The molecule has 0 aliphatic heterocycles. The summed E-state index contributed by atoms with van der Waals surface area (Å²) in [5.74, 6) is 3.80. The lowest BCUT2D eigenvalue weighted by Crippen LogP contribution is -2.01. The van der Waals surface area contributed by atoms with Crippen molar-refractivity contribution in [3.8, 4) is 22.8 Å². The number of aromatic nitrogens is 5. The number of rotatable bonds is 9. The monoisotopic (exact) mass is 457 g/mol. The molecule has 4 aromatic rings. The van der Waals surface area contributed by atoms with Gasteiger partial charge in [0.05, 0.1) is 0 Å². The highest BCUT2D eigenvalue weighted by atomic mass is 16.4. The number of aryl methyl sites for hydroxylation is 1. The second-order valence-electron chi connectivity index (χ2n) is 9.49. The van der Waals surface area contributed by atoms with Crippen LogP contribution in [0.2, 0.25) is 0 Å². The van der Waals surface area contributed by atoms with E-state index in [0.29, 0.717) is 23.6 Å². The Kier molecular flexibility index (Phi) is 7.25. The Labute approximate surface area is 202 Å². The molecule has 2 unspecified atom stereocenters. The van der Waals surface area contributed by atoms with E-state index in [1.807, 2.05) is 6.07 Å². The topological polar surface area (TPSA) is 80.5 Å². The second kappa shape index (κ2) is 10.3. The molecule has 6 nitrogen and oxygen atoms in total. The molecule has 0 radical (unpaired) electrons. The molecule has 4 rings (SSSR count). The lowest BCUT2D eigenvalue weighted by Gasteiger charge is -2.11. The molecular formula is C28H35N5O. The zero-order valence-electron chi connectivity index (χ0n) is 21.1. The number of hydrogen-bond acceptors (Lipinski definition) is 5. The maximum atomic E-state index is 6.14. The third-order valence-corrected chi connectivity index (χ3v) is 6.60. The molecule has 2 heterocycles. The van der Waals surface area contributed by atoms with Crippen LogP contribution in [0.4, 0.5) is 0 Å². The molecule has 178 valence electrons. The highest BCUT2D eigenvalue weighted by molar-refractivity contribution is 5.62. The third-order valence-electron chi connectivity index (χ3n) is 6.60. The summed E-state index contributed by atoms with van der Waals surface area (Å²) in [6, 6.07) is 14.8. The molecule has 0 amide bonds. The molecule has 2 aromatic carbocycles. The van der Waals surface area contributed by atoms with Crippen LogP contribution in [0, 0.1) is 0 Å². The van der Waals surface area contributed by atoms with E-state index in [1.165, 1.54) is 16.7 Å². The Morgan fingerprint density at radius 3 is 2.44 bits per heavy atom. The van der Waals surface area contributed by atoms with Crippen LogP contribution in [0.3, 0.4) is 0 Å². The molecule has 0 saturated heterocycles. The average molecular weight is 458 g/mol. The zero-order chi connectivity index (χ0) is 24.2. The summed E-state index contributed by atoms with van der Waals surface area (Å²) < 4.78 is 6.14. The Morgan fingerprint density at radius 2 is 1.71 bits per heavy atom. The van der Waals surface area contributed by atoms with Gasteiger partial charge in [-0.25, -0.2) is 4.98 Å². The van der Waals surface area contributed by atoms with Crippen molar-refractivity contribution in [3.63, 3.8) is 0 Å². The Morgan fingerprint density at radius 1 is 0.912 bits per heavy atom. The van der Waals surface area contributed by atoms with E-state index < -0.39 is 0 Å². The van der Waals surface area contributed by atoms with Crippen molar-refractivity contribution < 1.29 is 4.42 Å². The molecule has 0 aliphatic carbocycles. The number of aromatic amines is 1. The van der Waals surface area contributed by atoms with Gasteiger partial charge < -0.3 is 4.42 Å². The van der Waals surface area contributed by atoms with Crippen LogP contribution < -0.4 is 0 Å². The lowest BCUT2D eigenvalue weighted by molar-refractivity contribution is 0.465. The normalized spacial score (nSPS) is 13.4. The molecule has 1 N–H and O–H groups in total. The second-order valence-corrected chi connectivity index (χ2v) is 9.49. The van der Waals surface area contributed by atoms with Gasteiger partial charge in [0.2, 0.25) is 11.8 Å². The van der Waals surface area contributed by atoms with Crippen molar-refractivity contribution in [2.24, 2.45) is 0 Å². The predicted molar refractivity (Wildman–Crippen MR) is 136 cm³/mol. The van der Waals surface area contributed by atoms with E-state index in [2.05, 4.69) is 98.3 Å². The fourth-order valence-electron chi connectivity index (χ4n) is 4.25. The van der Waals surface area contributed by atoms with Gasteiger partial charge in [0.15, 0.2) is 5.82 Å². The molecule has 2 atom stereocenters. The largest absolute Gasteiger partial charge is 0.420 e. The van der Waals surface area contributed by atoms with E-state index >= 15 is 0 Å². The van der Waals surface area contributed by atoms with Crippen molar-refractivity contribution in [3.05, 3.63) is 70.9 Å². The average Bonchev–Trinajstić information content (AvgIpc) is 3.54.